The summed E-state index contributed by atoms with van der Waals surface area (Å²) in [4.78, 5) is 12.2. The van der Waals surface area contributed by atoms with Gasteiger partial charge in [0.1, 0.15) is 5.69 Å². The van der Waals surface area contributed by atoms with Crippen LogP contribution in [0.4, 0.5) is 0 Å². The first kappa shape index (κ1) is 14.9. The van der Waals surface area contributed by atoms with Gasteiger partial charge in [0.15, 0.2) is 5.78 Å². The smallest absolute Gasteiger partial charge is 0.181 e. The van der Waals surface area contributed by atoms with Crippen molar-refractivity contribution in [2.75, 3.05) is 0 Å². The molecule has 0 amide bonds. The number of carbonyl (C=O) groups is 1. The molecule has 0 aliphatic heterocycles. The molecule has 1 aromatic rings. The third kappa shape index (κ3) is 4.63. The second-order valence-electron chi connectivity index (χ2n) is 6.44. The second-order valence-corrected chi connectivity index (χ2v) is 6.44. The van der Waals surface area contributed by atoms with Crippen LogP contribution in [-0.2, 0) is 6.54 Å². The van der Waals surface area contributed by atoms with Crippen molar-refractivity contribution in [1.82, 2.24) is 9.78 Å². The maximum Gasteiger partial charge on any atom is 0.181 e. The molecule has 0 radical (unpaired) electrons. The molecular formula is C15H26N2O. The van der Waals surface area contributed by atoms with Crippen molar-refractivity contribution in [2.45, 2.75) is 60.4 Å². The van der Waals surface area contributed by atoms with Gasteiger partial charge in [-0.15, -0.1) is 0 Å². The van der Waals surface area contributed by atoms with Crippen LogP contribution in [0, 0.1) is 11.3 Å². The molecule has 1 aromatic heterocycles. The van der Waals surface area contributed by atoms with Gasteiger partial charge < -0.3 is 0 Å². The molecule has 18 heavy (non-hydrogen) atoms. The molecule has 3 heteroatoms. The van der Waals surface area contributed by atoms with Crippen LogP contribution >= 0.6 is 0 Å². The van der Waals surface area contributed by atoms with Crippen molar-refractivity contribution >= 4 is 5.78 Å². The summed E-state index contributed by atoms with van der Waals surface area (Å²) in [5.74, 6) is 0.639. The molecule has 0 spiro atoms. The van der Waals surface area contributed by atoms with E-state index in [-0.39, 0.29) is 11.2 Å². The molecular weight excluding hydrogens is 224 g/mol. The molecule has 102 valence electrons. The number of aromatic nitrogens is 2. The van der Waals surface area contributed by atoms with E-state index >= 15 is 0 Å². The molecule has 1 atom stereocenters. The SMILES string of the molecule is CCCn1nccc1C(=O)CC(C)CC(C)(C)C. The minimum atomic E-state index is 0.220. The highest BCUT2D eigenvalue weighted by atomic mass is 16.1. The Labute approximate surface area is 111 Å². The van der Waals surface area contributed by atoms with E-state index in [9.17, 15) is 4.79 Å². The molecule has 0 aromatic carbocycles. The predicted octanol–water partition coefficient (Wildman–Crippen LogP) is 3.94. The number of carbonyl (C=O) groups excluding carboxylic acids is 1. The average Bonchev–Trinajstić information content (AvgIpc) is 2.63. The number of aryl methyl sites for hydroxylation is 1. The summed E-state index contributed by atoms with van der Waals surface area (Å²) in [6.07, 6.45) is 4.41. The monoisotopic (exact) mass is 250 g/mol. The summed E-state index contributed by atoms with van der Waals surface area (Å²) in [5, 5.41) is 4.20. The molecule has 0 bridgehead atoms. The molecule has 3 nitrogen and oxygen atoms in total. The van der Waals surface area contributed by atoms with Gasteiger partial charge in [0.05, 0.1) is 0 Å². The molecule has 0 aliphatic rings. The minimum Gasteiger partial charge on any atom is -0.292 e. The van der Waals surface area contributed by atoms with Gasteiger partial charge in [-0.3, -0.25) is 9.48 Å². The lowest BCUT2D eigenvalue weighted by Gasteiger charge is -2.22. The van der Waals surface area contributed by atoms with Crippen LogP contribution in [0.15, 0.2) is 12.3 Å². The van der Waals surface area contributed by atoms with E-state index in [0.717, 1.165) is 25.1 Å². The van der Waals surface area contributed by atoms with Crippen molar-refractivity contribution < 1.29 is 4.79 Å². The van der Waals surface area contributed by atoms with Crippen LogP contribution in [0.2, 0.25) is 0 Å². The van der Waals surface area contributed by atoms with E-state index in [1.165, 1.54) is 0 Å². The fraction of sp³-hybridized carbons (Fsp3) is 0.733. The minimum absolute atomic E-state index is 0.220. The summed E-state index contributed by atoms with van der Waals surface area (Å²) in [5.41, 5.74) is 1.04. The van der Waals surface area contributed by atoms with Gasteiger partial charge in [-0.25, -0.2) is 0 Å². The van der Waals surface area contributed by atoms with Gasteiger partial charge in [0.2, 0.25) is 0 Å². The fourth-order valence-electron chi connectivity index (χ4n) is 2.50. The van der Waals surface area contributed by atoms with Gasteiger partial charge >= 0.3 is 0 Å². The van der Waals surface area contributed by atoms with Crippen molar-refractivity contribution in [3.8, 4) is 0 Å². The Hall–Kier alpha value is -1.12. The Kier molecular flexibility index (Phi) is 5.12. The Balaban J connectivity index is 2.62. The zero-order chi connectivity index (χ0) is 13.8. The van der Waals surface area contributed by atoms with E-state index in [0.29, 0.717) is 12.3 Å². The maximum atomic E-state index is 12.2. The Morgan fingerprint density at radius 3 is 2.67 bits per heavy atom. The third-order valence-electron chi connectivity index (χ3n) is 2.93. The quantitative estimate of drug-likeness (QED) is 0.717. The van der Waals surface area contributed by atoms with Gasteiger partial charge in [-0.1, -0.05) is 34.6 Å². The normalized spacial score (nSPS) is 13.6. The highest BCUT2D eigenvalue weighted by Gasteiger charge is 2.20. The molecule has 1 rings (SSSR count). The first-order valence-corrected chi connectivity index (χ1v) is 6.88. The topological polar surface area (TPSA) is 34.9 Å². The average molecular weight is 250 g/mol. The zero-order valence-corrected chi connectivity index (χ0v) is 12.4. The van der Waals surface area contributed by atoms with E-state index in [2.05, 4.69) is 39.7 Å². The first-order valence-electron chi connectivity index (χ1n) is 6.88. The number of nitrogens with zero attached hydrogens (tertiary/aromatic N) is 2. The second kappa shape index (κ2) is 6.17. The number of hydrogen-bond donors (Lipinski definition) is 0. The van der Waals surface area contributed by atoms with Crippen molar-refractivity contribution in [1.29, 1.82) is 0 Å². The van der Waals surface area contributed by atoms with E-state index in [1.807, 2.05) is 10.7 Å². The van der Waals surface area contributed by atoms with Crippen LogP contribution in [0.25, 0.3) is 0 Å². The van der Waals surface area contributed by atoms with Crippen LogP contribution in [0.5, 0.6) is 0 Å². The zero-order valence-electron chi connectivity index (χ0n) is 12.4. The van der Waals surface area contributed by atoms with Gasteiger partial charge in [-0.2, -0.15) is 5.10 Å². The summed E-state index contributed by atoms with van der Waals surface area (Å²) in [6.45, 7) is 11.7. The van der Waals surface area contributed by atoms with Gasteiger partial charge in [-0.05, 0) is 30.2 Å². The summed E-state index contributed by atoms with van der Waals surface area (Å²) in [7, 11) is 0. The number of ketones is 1. The highest BCUT2D eigenvalue weighted by Crippen LogP contribution is 2.26. The Bertz CT molecular complexity index is 387. The fourth-order valence-corrected chi connectivity index (χ4v) is 2.50. The number of hydrogen-bond acceptors (Lipinski definition) is 2. The van der Waals surface area contributed by atoms with E-state index in [4.69, 9.17) is 0 Å². The van der Waals surface area contributed by atoms with Gasteiger partial charge in [0.25, 0.3) is 0 Å². The highest BCUT2D eigenvalue weighted by molar-refractivity contribution is 5.94. The molecule has 0 fully saturated rings. The number of rotatable bonds is 6. The third-order valence-corrected chi connectivity index (χ3v) is 2.93. The molecule has 1 unspecified atom stereocenters. The largest absolute Gasteiger partial charge is 0.292 e. The first-order chi connectivity index (χ1) is 8.33. The van der Waals surface area contributed by atoms with Crippen molar-refractivity contribution in [3.63, 3.8) is 0 Å². The molecule has 1 heterocycles. The van der Waals surface area contributed by atoms with Crippen LogP contribution in [0.3, 0.4) is 0 Å². The standard InChI is InChI=1S/C15H26N2O/c1-6-9-17-13(7-8-16-17)14(18)10-12(2)11-15(3,4)5/h7-8,12H,6,9-11H2,1-5H3. The summed E-state index contributed by atoms with van der Waals surface area (Å²) in [6, 6.07) is 1.84. The predicted molar refractivity (Wildman–Crippen MR) is 74.7 cm³/mol. The Morgan fingerprint density at radius 1 is 1.44 bits per heavy atom. The molecule has 0 N–H and O–H groups in total. The maximum absolute atomic E-state index is 12.2. The summed E-state index contributed by atoms with van der Waals surface area (Å²) < 4.78 is 1.83. The molecule has 0 aliphatic carbocycles. The van der Waals surface area contributed by atoms with Crippen LogP contribution in [0.1, 0.15) is 64.4 Å². The van der Waals surface area contributed by atoms with Crippen molar-refractivity contribution in [3.05, 3.63) is 18.0 Å². The van der Waals surface area contributed by atoms with Crippen LogP contribution in [-0.4, -0.2) is 15.6 Å². The van der Waals surface area contributed by atoms with E-state index in [1.54, 1.807) is 6.20 Å². The lowest BCUT2D eigenvalue weighted by atomic mass is 9.83. The van der Waals surface area contributed by atoms with Gasteiger partial charge in [0, 0.05) is 19.2 Å². The lowest BCUT2D eigenvalue weighted by molar-refractivity contribution is 0.0943. The molecule has 0 saturated heterocycles. The number of Topliss-reactive ketones (excluding diaryl/α,β-unsaturated/α-hetero) is 1. The summed E-state index contributed by atoms with van der Waals surface area (Å²) >= 11 is 0. The van der Waals surface area contributed by atoms with Crippen LogP contribution < -0.4 is 0 Å². The van der Waals surface area contributed by atoms with Crippen molar-refractivity contribution in [2.24, 2.45) is 11.3 Å². The lowest BCUT2D eigenvalue weighted by Crippen LogP contribution is -2.17. The Morgan fingerprint density at radius 2 is 2.11 bits per heavy atom. The molecule has 0 saturated carbocycles. The van der Waals surface area contributed by atoms with E-state index < -0.39 is 0 Å².